The lowest BCUT2D eigenvalue weighted by atomic mass is 9.95. The zero-order chi connectivity index (χ0) is 13.8. The highest BCUT2D eigenvalue weighted by Crippen LogP contribution is 2.29. The molecule has 2 unspecified atom stereocenters. The first-order chi connectivity index (χ1) is 9.11. The van der Waals surface area contributed by atoms with Gasteiger partial charge in [0.2, 0.25) is 0 Å². The summed E-state index contributed by atoms with van der Waals surface area (Å²) in [6, 6.07) is 4.11. The third-order valence-corrected chi connectivity index (χ3v) is 3.37. The highest BCUT2D eigenvalue weighted by Gasteiger charge is 2.25. The average molecular weight is 267 g/mol. The minimum absolute atomic E-state index is 0.0828. The van der Waals surface area contributed by atoms with E-state index in [-0.39, 0.29) is 18.4 Å². The van der Waals surface area contributed by atoms with Gasteiger partial charge in [-0.2, -0.15) is 0 Å². The van der Waals surface area contributed by atoms with Gasteiger partial charge in [0.15, 0.2) is 0 Å². The van der Waals surface area contributed by atoms with E-state index < -0.39 is 11.0 Å². The summed E-state index contributed by atoms with van der Waals surface area (Å²) in [6.07, 6.45) is 2.60. The van der Waals surface area contributed by atoms with Crippen LogP contribution < -0.4 is 4.74 Å². The molecule has 1 aliphatic rings. The molecular weight excluding hydrogens is 250 g/mol. The highest BCUT2D eigenvalue weighted by atomic mass is 16.6. The van der Waals surface area contributed by atoms with Gasteiger partial charge >= 0.3 is 0 Å². The topological polar surface area (TPSA) is 92.8 Å². The largest absolute Gasteiger partial charge is 0.487 e. The number of benzene rings is 1. The highest BCUT2D eigenvalue weighted by molar-refractivity contribution is 5.43. The van der Waals surface area contributed by atoms with Crippen LogP contribution in [0.3, 0.4) is 0 Å². The van der Waals surface area contributed by atoms with Gasteiger partial charge in [-0.05, 0) is 25.3 Å². The third-order valence-electron chi connectivity index (χ3n) is 3.37. The Balaban J connectivity index is 2.17. The third kappa shape index (κ3) is 3.21. The fraction of sp³-hybridized carbons (Fsp3) is 0.538. The number of nitrogens with zero attached hydrogens (tertiary/aromatic N) is 1. The fourth-order valence-electron chi connectivity index (χ4n) is 2.30. The van der Waals surface area contributed by atoms with Gasteiger partial charge < -0.3 is 14.9 Å². The Hall–Kier alpha value is -1.66. The van der Waals surface area contributed by atoms with Crippen molar-refractivity contribution < 1.29 is 19.9 Å². The van der Waals surface area contributed by atoms with Crippen molar-refractivity contribution >= 4 is 5.69 Å². The van der Waals surface area contributed by atoms with Crippen LogP contribution in [-0.2, 0) is 6.61 Å². The predicted molar refractivity (Wildman–Crippen MR) is 67.9 cm³/mol. The van der Waals surface area contributed by atoms with Crippen LogP contribution in [0.5, 0.6) is 5.75 Å². The normalized spacial score (nSPS) is 23.1. The van der Waals surface area contributed by atoms with E-state index in [2.05, 4.69) is 0 Å². The molecule has 1 aromatic rings. The number of non-ortho nitro benzene ring substituents is 1. The molecule has 1 saturated carbocycles. The molecule has 19 heavy (non-hydrogen) atoms. The summed E-state index contributed by atoms with van der Waals surface area (Å²) in [5.41, 5.74) is 0.285. The maximum absolute atomic E-state index is 10.7. The molecule has 0 radical (unpaired) electrons. The zero-order valence-electron chi connectivity index (χ0n) is 10.5. The van der Waals surface area contributed by atoms with Crippen molar-refractivity contribution in [2.45, 2.75) is 44.5 Å². The minimum Gasteiger partial charge on any atom is -0.487 e. The molecule has 0 aromatic heterocycles. The first kappa shape index (κ1) is 13.8. The summed E-state index contributed by atoms with van der Waals surface area (Å²) in [7, 11) is 0. The fourth-order valence-corrected chi connectivity index (χ4v) is 2.30. The SMILES string of the molecule is O=[N+]([O-])c1ccc(OC2CCCCC2O)c(CO)c1. The lowest BCUT2D eigenvalue weighted by Crippen LogP contribution is -2.34. The van der Waals surface area contributed by atoms with Gasteiger partial charge in [-0.15, -0.1) is 0 Å². The van der Waals surface area contributed by atoms with Crippen LogP contribution in [0, 0.1) is 10.1 Å². The number of hydrogen-bond acceptors (Lipinski definition) is 5. The first-order valence-corrected chi connectivity index (χ1v) is 6.34. The van der Waals surface area contributed by atoms with E-state index in [0.717, 1.165) is 19.3 Å². The average Bonchev–Trinajstić information content (AvgIpc) is 2.41. The molecule has 2 rings (SSSR count). The number of nitro benzene ring substituents is 1. The van der Waals surface area contributed by atoms with Crippen molar-refractivity contribution in [1.82, 2.24) is 0 Å². The Kier molecular flexibility index (Phi) is 4.34. The van der Waals surface area contributed by atoms with Crippen LogP contribution in [0.4, 0.5) is 5.69 Å². The molecule has 0 spiro atoms. The monoisotopic (exact) mass is 267 g/mol. The Morgan fingerprint density at radius 2 is 2.11 bits per heavy atom. The summed E-state index contributed by atoms with van der Waals surface area (Å²) in [4.78, 5) is 10.2. The van der Waals surface area contributed by atoms with E-state index in [1.54, 1.807) is 0 Å². The van der Waals surface area contributed by atoms with E-state index in [0.29, 0.717) is 17.7 Å². The molecule has 104 valence electrons. The maximum Gasteiger partial charge on any atom is 0.270 e. The summed E-state index contributed by atoms with van der Waals surface area (Å²) in [5.74, 6) is 0.402. The molecule has 1 aromatic carbocycles. The van der Waals surface area contributed by atoms with Gasteiger partial charge in [0.1, 0.15) is 11.9 Å². The molecular formula is C13H17NO5. The van der Waals surface area contributed by atoms with Gasteiger partial charge in [-0.25, -0.2) is 0 Å². The van der Waals surface area contributed by atoms with E-state index in [1.165, 1.54) is 18.2 Å². The van der Waals surface area contributed by atoms with Gasteiger partial charge in [-0.3, -0.25) is 10.1 Å². The number of ether oxygens (including phenoxy) is 1. The van der Waals surface area contributed by atoms with E-state index in [1.807, 2.05) is 0 Å². The number of nitro groups is 1. The second-order valence-corrected chi connectivity index (χ2v) is 4.72. The molecule has 0 bridgehead atoms. The molecule has 6 nitrogen and oxygen atoms in total. The van der Waals surface area contributed by atoms with Crippen LogP contribution in [0.15, 0.2) is 18.2 Å². The predicted octanol–water partition coefficient (Wildman–Crippen LogP) is 1.77. The van der Waals surface area contributed by atoms with Crippen LogP contribution in [0.2, 0.25) is 0 Å². The molecule has 0 heterocycles. The molecule has 1 fully saturated rings. The van der Waals surface area contributed by atoms with Gasteiger partial charge in [0.05, 0.1) is 17.6 Å². The minimum atomic E-state index is -0.518. The van der Waals surface area contributed by atoms with Gasteiger partial charge in [0.25, 0.3) is 5.69 Å². The van der Waals surface area contributed by atoms with E-state index in [4.69, 9.17) is 4.74 Å². The molecule has 6 heteroatoms. The van der Waals surface area contributed by atoms with Crippen LogP contribution in [-0.4, -0.2) is 27.3 Å². The van der Waals surface area contributed by atoms with Crippen LogP contribution in [0.25, 0.3) is 0 Å². The number of rotatable bonds is 4. The smallest absolute Gasteiger partial charge is 0.270 e. The van der Waals surface area contributed by atoms with E-state index in [9.17, 15) is 20.3 Å². The summed E-state index contributed by atoms with van der Waals surface area (Å²) in [6.45, 7) is -0.334. The summed E-state index contributed by atoms with van der Waals surface area (Å²) in [5, 5.41) is 29.8. The molecule has 0 aliphatic heterocycles. The number of hydrogen-bond donors (Lipinski definition) is 2. The molecule has 1 aliphatic carbocycles. The Morgan fingerprint density at radius 3 is 2.74 bits per heavy atom. The first-order valence-electron chi connectivity index (χ1n) is 6.34. The maximum atomic E-state index is 10.7. The number of aliphatic hydroxyl groups is 2. The Bertz CT molecular complexity index is 462. The lowest BCUT2D eigenvalue weighted by molar-refractivity contribution is -0.385. The Labute approximate surface area is 110 Å². The van der Waals surface area contributed by atoms with Crippen molar-refractivity contribution in [3.8, 4) is 5.75 Å². The molecule has 0 saturated heterocycles. The van der Waals surface area contributed by atoms with Crippen molar-refractivity contribution in [3.63, 3.8) is 0 Å². The second-order valence-electron chi connectivity index (χ2n) is 4.72. The lowest BCUT2D eigenvalue weighted by Gasteiger charge is -2.28. The Morgan fingerprint density at radius 1 is 1.37 bits per heavy atom. The number of aliphatic hydroxyl groups excluding tert-OH is 2. The van der Waals surface area contributed by atoms with Crippen LogP contribution >= 0.6 is 0 Å². The quantitative estimate of drug-likeness (QED) is 0.640. The van der Waals surface area contributed by atoms with E-state index >= 15 is 0 Å². The van der Waals surface area contributed by atoms with Gasteiger partial charge in [0, 0.05) is 17.7 Å². The molecule has 2 atom stereocenters. The van der Waals surface area contributed by atoms with Crippen LogP contribution in [0.1, 0.15) is 31.2 Å². The van der Waals surface area contributed by atoms with Crippen molar-refractivity contribution in [1.29, 1.82) is 0 Å². The second kappa shape index (κ2) is 5.99. The zero-order valence-corrected chi connectivity index (χ0v) is 10.5. The molecule has 0 amide bonds. The standard InChI is InChI=1S/C13H17NO5/c15-8-9-7-10(14(17)18)5-6-12(9)19-13-4-2-1-3-11(13)16/h5-7,11,13,15-16H,1-4,8H2. The van der Waals surface area contributed by atoms with Crippen molar-refractivity contribution in [2.75, 3.05) is 0 Å². The summed E-state index contributed by atoms with van der Waals surface area (Å²) < 4.78 is 5.69. The van der Waals surface area contributed by atoms with Crippen molar-refractivity contribution in [3.05, 3.63) is 33.9 Å². The summed E-state index contributed by atoms with van der Waals surface area (Å²) >= 11 is 0. The van der Waals surface area contributed by atoms with Gasteiger partial charge in [-0.1, -0.05) is 6.42 Å². The molecule has 2 N–H and O–H groups in total. The van der Waals surface area contributed by atoms with Crippen molar-refractivity contribution in [2.24, 2.45) is 0 Å².